The van der Waals surface area contributed by atoms with Crippen LogP contribution in [0.5, 0.6) is 0 Å². The van der Waals surface area contributed by atoms with Gasteiger partial charge in [0, 0.05) is 12.0 Å². The van der Waals surface area contributed by atoms with Gasteiger partial charge >= 0.3 is 5.97 Å². The number of likely N-dealkylation sites (tertiary alicyclic amines) is 1. The van der Waals surface area contributed by atoms with Crippen molar-refractivity contribution in [1.82, 2.24) is 4.90 Å². The van der Waals surface area contributed by atoms with Gasteiger partial charge in [-0.15, -0.1) is 0 Å². The van der Waals surface area contributed by atoms with Crippen LogP contribution in [0.1, 0.15) is 26.2 Å². The molecule has 4 heteroatoms. The Hall–Kier alpha value is -0.610. The van der Waals surface area contributed by atoms with Gasteiger partial charge < -0.3 is 9.84 Å². The molecule has 0 aromatic carbocycles. The Balaban J connectivity index is 1.76. The molecule has 0 aromatic rings. The fourth-order valence-corrected chi connectivity index (χ4v) is 2.28. The van der Waals surface area contributed by atoms with Crippen LogP contribution < -0.4 is 0 Å². The van der Waals surface area contributed by atoms with E-state index in [1.54, 1.807) is 0 Å². The van der Waals surface area contributed by atoms with E-state index in [9.17, 15) is 4.79 Å². The second kappa shape index (κ2) is 4.10. The molecule has 0 spiro atoms. The minimum Gasteiger partial charge on any atom is -0.480 e. The fraction of sp³-hybridized carbons (Fsp3) is 0.909. The van der Waals surface area contributed by atoms with E-state index < -0.39 is 5.97 Å². The topological polar surface area (TPSA) is 49.8 Å². The number of carboxylic acids is 1. The summed E-state index contributed by atoms with van der Waals surface area (Å²) in [5, 5.41) is 8.90. The summed E-state index contributed by atoms with van der Waals surface area (Å²) in [4.78, 5) is 12.9. The first-order valence-electron chi connectivity index (χ1n) is 5.71. The van der Waals surface area contributed by atoms with Crippen molar-refractivity contribution in [3.8, 4) is 0 Å². The van der Waals surface area contributed by atoms with Crippen LogP contribution in [-0.4, -0.2) is 48.3 Å². The summed E-state index contributed by atoms with van der Waals surface area (Å²) in [5.74, 6) is -0.670. The van der Waals surface area contributed by atoms with Crippen LogP contribution in [0.2, 0.25) is 0 Å². The number of hydrogen-bond acceptors (Lipinski definition) is 3. The van der Waals surface area contributed by atoms with Gasteiger partial charge in [0.25, 0.3) is 0 Å². The summed E-state index contributed by atoms with van der Waals surface area (Å²) in [6.07, 6.45) is 3.02. The molecule has 0 aromatic heterocycles. The Kier molecular flexibility index (Phi) is 2.98. The maximum absolute atomic E-state index is 10.8. The second-order valence-corrected chi connectivity index (χ2v) is 4.78. The highest BCUT2D eigenvalue weighted by atomic mass is 16.5. The van der Waals surface area contributed by atoms with E-state index in [-0.39, 0.29) is 6.04 Å². The van der Waals surface area contributed by atoms with Gasteiger partial charge in [-0.05, 0) is 25.8 Å². The van der Waals surface area contributed by atoms with Crippen LogP contribution in [0, 0.1) is 5.41 Å². The molecule has 0 bridgehead atoms. The van der Waals surface area contributed by atoms with Gasteiger partial charge in [0.05, 0.1) is 13.2 Å². The Labute approximate surface area is 90.2 Å². The number of rotatable bonds is 5. The highest BCUT2D eigenvalue weighted by Crippen LogP contribution is 2.35. The summed E-state index contributed by atoms with van der Waals surface area (Å²) in [5.41, 5.74) is 0.346. The third-order valence-electron chi connectivity index (χ3n) is 3.91. The first-order chi connectivity index (χ1) is 7.17. The number of hydrogen-bond donors (Lipinski definition) is 1. The fourth-order valence-electron chi connectivity index (χ4n) is 2.28. The van der Waals surface area contributed by atoms with Crippen molar-refractivity contribution < 1.29 is 14.6 Å². The molecule has 1 atom stereocenters. The molecular formula is C11H19NO3. The van der Waals surface area contributed by atoms with Gasteiger partial charge in [-0.1, -0.05) is 6.92 Å². The molecule has 4 nitrogen and oxygen atoms in total. The number of nitrogens with zero attached hydrogens (tertiary/aromatic N) is 1. The molecule has 2 rings (SSSR count). The van der Waals surface area contributed by atoms with E-state index in [0.29, 0.717) is 5.41 Å². The molecule has 86 valence electrons. The molecule has 0 radical (unpaired) electrons. The molecule has 2 saturated heterocycles. The van der Waals surface area contributed by atoms with E-state index in [1.807, 2.05) is 0 Å². The number of carbonyl (C=O) groups is 1. The zero-order valence-corrected chi connectivity index (χ0v) is 9.24. The monoisotopic (exact) mass is 213 g/mol. The lowest BCUT2D eigenvalue weighted by Crippen LogP contribution is -2.54. The van der Waals surface area contributed by atoms with Gasteiger partial charge in [0.1, 0.15) is 6.04 Å². The zero-order chi connectivity index (χ0) is 10.9. The lowest BCUT2D eigenvalue weighted by molar-refractivity contribution is -0.151. The van der Waals surface area contributed by atoms with E-state index in [1.165, 1.54) is 0 Å². The van der Waals surface area contributed by atoms with Crippen molar-refractivity contribution in [3.63, 3.8) is 0 Å². The lowest BCUT2D eigenvalue weighted by atomic mass is 9.79. The van der Waals surface area contributed by atoms with Crippen LogP contribution in [0.25, 0.3) is 0 Å². The predicted molar refractivity (Wildman–Crippen MR) is 55.8 cm³/mol. The summed E-state index contributed by atoms with van der Waals surface area (Å²) in [7, 11) is 0. The highest BCUT2D eigenvalue weighted by molar-refractivity contribution is 5.74. The number of ether oxygens (including phenoxy) is 1. The largest absolute Gasteiger partial charge is 0.480 e. The minimum atomic E-state index is -0.670. The summed E-state index contributed by atoms with van der Waals surface area (Å²) in [6, 6.07) is -0.222. The molecule has 0 amide bonds. The average molecular weight is 213 g/mol. The van der Waals surface area contributed by atoms with E-state index in [2.05, 4.69) is 11.8 Å². The summed E-state index contributed by atoms with van der Waals surface area (Å²) < 4.78 is 5.25. The zero-order valence-electron chi connectivity index (χ0n) is 9.24. The average Bonchev–Trinajstić information content (AvgIpc) is 2.06. The first kappa shape index (κ1) is 10.9. The third kappa shape index (κ3) is 2.01. The van der Waals surface area contributed by atoms with Gasteiger partial charge in [0.15, 0.2) is 0 Å². The predicted octanol–water partition coefficient (Wildman–Crippen LogP) is 0.962. The minimum absolute atomic E-state index is 0.222. The molecule has 2 aliphatic heterocycles. The Bertz CT molecular complexity index is 245. The van der Waals surface area contributed by atoms with Crippen LogP contribution in [0.4, 0.5) is 0 Å². The number of carboxylic acid groups (broad SMARTS) is 1. The molecular weight excluding hydrogens is 194 g/mol. The maximum Gasteiger partial charge on any atom is 0.320 e. The Morgan fingerprint density at radius 1 is 1.60 bits per heavy atom. The summed E-state index contributed by atoms with van der Waals surface area (Å²) >= 11 is 0. The van der Waals surface area contributed by atoms with Crippen LogP contribution >= 0.6 is 0 Å². The van der Waals surface area contributed by atoms with Gasteiger partial charge in [-0.3, -0.25) is 9.69 Å². The van der Waals surface area contributed by atoms with Crippen LogP contribution in [-0.2, 0) is 9.53 Å². The normalized spacial score (nSPS) is 29.3. The van der Waals surface area contributed by atoms with Crippen LogP contribution in [0.15, 0.2) is 0 Å². The third-order valence-corrected chi connectivity index (χ3v) is 3.91. The summed E-state index contributed by atoms with van der Waals surface area (Å²) in [6.45, 7) is 5.75. The van der Waals surface area contributed by atoms with Crippen molar-refractivity contribution in [2.45, 2.75) is 32.2 Å². The van der Waals surface area contributed by atoms with Crippen molar-refractivity contribution >= 4 is 5.97 Å². The molecule has 2 aliphatic rings. The van der Waals surface area contributed by atoms with Crippen molar-refractivity contribution in [1.29, 1.82) is 0 Å². The molecule has 15 heavy (non-hydrogen) atoms. The highest BCUT2D eigenvalue weighted by Gasteiger charge is 2.39. The van der Waals surface area contributed by atoms with E-state index in [4.69, 9.17) is 9.84 Å². The van der Waals surface area contributed by atoms with E-state index >= 15 is 0 Å². The molecule has 0 saturated carbocycles. The van der Waals surface area contributed by atoms with E-state index in [0.717, 1.165) is 45.6 Å². The Morgan fingerprint density at radius 2 is 2.33 bits per heavy atom. The standard InChI is InChI=1S/C11H19NO3/c1-2-11(7-15-8-11)4-6-12-5-3-9(12)10(13)14/h9H,2-8H2,1H3,(H,13,14). The molecule has 0 aliphatic carbocycles. The quantitative estimate of drug-likeness (QED) is 0.739. The van der Waals surface area contributed by atoms with Gasteiger partial charge in [0.2, 0.25) is 0 Å². The van der Waals surface area contributed by atoms with Gasteiger partial charge in [-0.25, -0.2) is 0 Å². The Morgan fingerprint density at radius 3 is 2.67 bits per heavy atom. The van der Waals surface area contributed by atoms with Crippen molar-refractivity contribution in [2.75, 3.05) is 26.3 Å². The van der Waals surface area contributed by atoms with Gasteiger partial charge in [-0.2, -0.15) is 0 Å². The first-order valence-corrected chi connectivity index (χ1v) is 5.71. The maximum atomic E-state index is 10.8. The SMILES string of the molecule is CCC1(CCN2CCC2C(=O)O)COC1. The molecule has 2 fully saturated rings. The lowest BCUT2D eigenvalue weighted by Gasteiger charge is -2.45. The van der Waals surface area contributed by atoms with Crippen molar-refractivity contribution in [2.24, 2.45) is 5.41 Å². The molecule has 2 heterocycles. The molecule has 1 N–H and O–H groups in total. The van der Waals surface area contributed by atoms with Crippen LogP contribution in [0.3, 0.4) is 0 Å². The van der Waals surface area contributed by atoms with Crippen molar-refractivity contribution in [3.05, 3.63) is 0 Å². The molecule has 1 unspecified atom stereocenters. The number of aliphatic carboxylic acids is 1. The second-order valence-electron chi connectivity index (χ2n) is 4.78. The smallest absolute Gasteiger partial charge is 0.320 e.